The number of ether oxygens (including phenoxy) is 2. The number of rotatable bonds is 7. The third-order valence-electron chi connectivity index (χ3n) is 3.47. The van der Waals surface area contributed by atoms with Crippen molar-refractivity contribution in [3.8, 4) is 0 Å². The van der Waals surface area contributed by atoms with E-state index in [1.165, 1.54) is 0 Å². The maximum absolute atomic E-state index is 12.6. The lowest BCUT2D eigenvalue weighted by Gasteiger charge is -2.23. The molecule has 0 aromatic heterocycles. The summed E-state index contributed by atoms with van der Waals surface area (Å²) in [5.41, 5.74) is 1.03. The van der Waals surface area contributed by atoms with Crippen molar-refractivity contribution in [1.29, 1.82) is 0 Å². The molecule has 1 unspecified atom stereocenters. The highest BCUT2D eigenvalue weighted by Gasteiger charge is 2.25. The molecule has 26 heavy (non-hydrogen) atoms. The van der Waals surface area contributed by atoms with Gasteiger partial charge in [-0.3, -0.25) is 4.79 Å². The SMILES string of the molecule is CC(C)(C)OC(=O)NC(C(=O)COCc1ccccc1)c1ccccc1. The van der Waals surface area contributed by atoms with Gasteiger partial charge in [0.2, 0.25) is 0 Å². The van der Waals surface area contributed by atoms with Crippen LogP contribution in [-0.4, -0.2) is 24.1 Å². The second-order valence-corrected chi connectivity index (χ2v) is 6.93. The fraction of sp³-hybridized carbons (Fsp3) is 0.333. The smallest absolute Gasteiger partial charge is 0.408 e. The van der Waals surface area contributed by atoms with E-state index in [2.05, 4.69) is 5.32 Å². The van der Waals surface area contributed by atoms with Crippen LogP contribution in [0.3, 0.4) is 0 Å². The molecule has 2 aromatic rings. The number of benzene rings is 2. The van der Waals surface area contributed by atoms with Gasteiger partial charge in [0.1, 0.15) is 18.2 Å². The van der Waals surface area contributed by atoms with Crippen molar-refractivity contribution in [3.05, 3.63) is 71.8 Å². The van der Waals surface area contributed by atoms with Crippen molar-refractivity contribution in [2.45, 2.75) is 39.0 Å². The minimum Gasteiger partial charge on any atom is -0.444 e. The molecule has 1 atom stereocenters. The van der Waals surface area contributed by atoms with Crippen molar-refractivity contribution < 1.29 is 19.1 Å². The molecule has 2 rings (SSSR count). The molecule has 0 aliphatic heterocycles. The first-order valence-corrected chi connectivity index (χ1v) is 8.54. The largest absolute Gasteiger partial charge is 0.444 e. The Hall–Kier alpha value is -2.66. The number of ketones is 1. The summed E-state index contributed by atoms with van der Waals surface area (Å²) in [6.45, 7) is 5.55. The standard InChI is InChI=1S/C21H25NO4/c1-21(2,3)26-20(24)22-19(17-12-8-5-9-13-17)18(23)15-25-14-16-10-6-4-7-11-16/h4-13,19H,14-15H2,1-3H3,(H,22,24). The zero-order valence-corrected chi connectivity index (χ0v) is 15.4. The summed E-state index contributed by atoms with van der Waals surface area (Å²) in [6.07, 6.45) is -0.636. The van der Waals surface area contributed by atoms with E-state index in [1.54, 1.807) is 32.9 Å². The number of carbonyl (C=O) groups is 2. The van der Waals surface area contributed by atoms with Gasteiger partial charge in [-0.1, -0.05) is 60.7 Å². The van der Waals surface area contributed by atoms with Gasteiger partial charge in [0.05, 0.1) is 6.61 Å². The predicted molar refractivity (Wildman–Crippen MR) is 99.7 cm³/mol. The first-order valence-electron chi connectivity index (χ1n) is 8.54. The molecule has 0 aliphatic carbocycles. The summed E-state index contributed by atoms with van der Waals surface area (Å²) >= 11 is 0. The van der Waals surface area contributed by atoms with E-state index in [9.17, 15) is 9.59 Å². The fourth-order valence-electron chi connectivity index (χ4n) is 2.35. The van der Waals surface area contributed by atoms with Crippen LogP contribution in [0.25, 0.3) is 0 Å². The molecular formula is C21H25NO4. The van der Waals surface area contributed by atoms with Crippen molar-refractivity contribution >= 4 is 11.9 Å². The average Bonchev–Trinajstić information content (AvgIpc) is 2.60. The highest BCUT2D eigenvalue weighted by atomic mass is 16.6. The van der Waals surface area contributed by atoms with Crippen LogP contribution in [0.15, 0.2) is 60.7 Å². The zero-order chi connectivity index (χ0) is 19.0. The van der Waals surface area contributed by atoms with Gasteiger partial charge in [-0.25, -0.2) is 4.79 Å². The van der Waals surface area contributed by atoms with Crippen LogP contribution in [0.2, 0.25) is 0 Å². The lowest BCUT2D eigenvalue weighted by Crippen LogP contribution is -2.39. The highest BCUT2D eigenvalue weighted by Crippen LogP contribution is 2.16. The third-order valence-corrected chi connectivity index (χ3v) is 3.47. The van der Waals surface area contributed by atoms with Crippen LogP contribution >= 0.6 is 0 Å². The normalized spacial score (nSPS) is 12.3. The van der Waals surface area contributed by atoms with E-state index in [4.69, 9.17) is 9.47 Å². The van der Waals surface area contributed by atoms with E-state index in [-0.39, 0.29) is 12.4 Å². The Bertz CT molecular complexity index is 708. The number of amides is 1. The van der Waals surface area contributed by atoms with Gasteiger partial charge in [0, 0.05) is 0 Å². The van der Waals surface area contributed by atoms with Crippen LogP contribution in [-0.2, 0) is 20.9 Å². The van der Waals surface area contributed by atoms with Gasteiger partial charge < -0.3 is 14.8 Å². The quantitative estimate of drug-likeness (QED) is 0.814. The Morgan fingerprint density at radius 3 is 2.12 bits per heavy atom. The summed E-state index contributed by atoms with van der Waals surface area (Å²) < 4.78 is 10.8. The molecule has 5 nitrogen and oxygen atoms in total. The number of alkyl carbamates (subject to hydrolysis) is 1. The second kappa shape index (κ2) is 9.15. The molecule has 0 aliphatic rings. The van der Waals surface area contributed by atoms with Gasteiger partial charge in [-0.15, -0.1) is 0 Å². The van der Waals surface area contributed by atoms with Crippen LogP contribution in [0.4, 0.5) is 4.79 Å². The lowest BCUT2D eigenvalue weighted by atomic mass is 10.0. The first kappa shape index (κ1) is 19.7. The zero-order valence-electron chi connectivity index (χ0n) is 15.4. The van der Waals surface area contributed by atoms with Gasteiger partial charge in [-0.05, 0) is 31.9 Å². The number of hydrogen-bond donors (Lipinski definition) is 1. The number of hydrogen-bond acceptors (Lipinski definition) is 4. The second-order valence-electron chi connectivity index (χ2n) is 6.93. The molecule has 5 heteroatoms. The third kappa shape index (κ3) is 6.69. The van der Waals surface area contributed by atoms with Crippen molar-refractivity contribution in [2.75, 3.05) is 6.61 Å². The molecule has 0 heterocycles. The molecule has 0 radical (unpaired) electrons. The minimum absolute atomic E-state index is 0.107. The van der Waals surface area contributed by atoms with Crippen LogP contribution in [0.1, 0.15) is 37.9 Å². The fourth-order valence-corrected chi connectivity index (χ4v) is 2.35. The lowest BCUT2D eigenvalue weighted by molar-refractivity contribution is -0.126. The number of carbonyl (C=O) groups excluding carboxylic acids is 2. The van der Waals surface area contributed by atoms with E-state index in [0.29, 0.717) is 12.2 Å². The molecule has 0 fully saturated rings. The average molecular weight is 355 g/mol. The highest BCUT2D eigenvalue weighted by molar-refractivity contribution is 5.89. The molecule has 0 saturated carbocycles. The Morgan fingerprint density at radius 1 is 0.962 bits per heavy atom. The summed E-state index contributed by atoms with van der Waals surface area (Å²) in [5.74, 6) is -0.238. The minimum atomic E-state index is -0.818. The van der Waals surface area contributed by atoms with E-state index >= 15 is 0 Å². The van der Waals surface area contributed by atoms with Gasteiger partial charge in [-0.2, -0.15) is 0 Å². The Labute approximate surface area is 154 Å². The molecular weight excluding hydrogens is 330 g/mol. The van der Waals surface area contributed by atoms with Crippen LogP contribution in [0, 0.1) is 0 Å². The molecule has 1 amide bonds. The monoisotopic (exact) mass is 355 g/mol. The molecule has 0 bridgehead atoms. The van der Waals surface area contributed by atoms with Crippen molar-refractivity contribution in [1.82, 2.24) is 5.32 Å². The van der Waals surface area contributed by atoms with E-state index < -0.39 is 17.7 Å². The van der Waals surface area contributed by atoms with Gasteiger partial charge >= 0.3 is 6.09 Å². The Kier molecular flexibility index (Phi) is 6.92. The van der Waals surface area contributed by atoms with E-state index in [0.717, 1.165) is 5.56 Å². The topological polar surface area (TPSA) is 64.6 Å². The number of nitrogens with one attached hydrogen (secondary N) is 1. The molecule has 0 spiro atoms. The molecule has 1 N–H and O–H groups in total. The summed E-state index contributed by atoms with van der Waals surface area (Å²) in [6, 6.07) is 17.9. The summed E-state index contributed by atoms with van der Waals surface area (Å²) in [7, 11) is 0. The summed E-state index contributed by atoms with van der Waals surface area (Å²) in [5, 5.41) is 2.65. The molecule has 0 saturated heterocycles. The Morgan fingerprint density at radius 2 is 1.54 bits per heavy atom. The summed E-state index contributed by atoms with van der Waals surface area (Å²) in [4.78, 5) is 24.8. The maximum atomic E-state index is 12.6. The van der Waals surface area contributed by atoms with Crippen LogP contribution in [0.5, 0.6) is 0 Å². The van der Waals surface area contributed by atoms with Crippen molar-refractivity contribution in [3.63, 3.8) is 0 Å². The van der Waals surface area contributed by atoms with Crippen molar-refractivity contribution in [2.24, 2.45) is 0 Å². The van der Waals surface area contributed by atoms with Gasteiger partial charge in [0.25, 0.3) is 0 Å². The Balaban J connectivity index is 2.00. The van der Waals surface area contributed by atoms with Crippen LogP contribution < -0.4 is 5.32 Å². The van der Waals surface area contributed by atoms with E-state index in [1.807, 2.05) is 48.5 Å². The maximum Gasteiger partial charge on any atom is 0.408 e. The molecule has 138 valence electrons. The number of Topliss-reactive ketones (excluding diaryl/α,β-unsaturated/α-hetero) is 1. The molecule has 2 aromatic carbocycles. The first-order chi connectivity index (χ1) is 12.3. The van der Waals surface area contributed by atoms with Gasteiger partial charge in [0.15, 0.2) is 5.78 Å². The predicted octanol–water partition coefficient (Wildman–Crippen LogP) is 4.04.